The molecule has 0 unspecified atom stereocenters. The minimum absolute atomic E-state index is 1.29. The van der Waals surface area contributed by atoms with Crippen molar-refractivity contribution in [2.24, 2.45) is 0 Å². The SMILES string of the molecule is CCCCCCCCCCCCCCCCSC(C)=[N+](C)C. The summed E-state index contributed by atoms with van der Waals surface area (Å²) in [4.78, 5) is 0. The molecule has 2 heteroatoms. The zero-order valence-electron chi connectivity index (χ0n) is 16.0. The van der Waals surface area contributed by atoms with E-state index in [9.17, 15) is 0 Å². The first-order chi connectivity index (χ1) is 10.7. The fraction of sp³-hybridized carbons (Fsp3) is 0.950. The van der Waals surface area contributed by atoms with E-state index in [0.717, 1.165) is 0 Å². The Bertz CT molecular complexity index is 256. The summed E-state index contributed by atoms with van der Waals surface area (Å²) in [5, 5.41) is 1.44. The molecule has 0 rings (SSSR count). The largest absolute Gasteiger partial charge is 0.234 e. The molecule has 0 aromatic heterocycles. The fourth-order valence-corrected chi connectivity index (χ4v) is 3.55. The summed E-state index contributed by atoms with van der Waals surface area (Å²) in [6.45, 7) is 4.51. The van der Waals surface area contributed by atoms with E-state index in [-0.39, 0.29) is 0 Å². The molecule has 0 aromatic rings. The fourth-order valence-electron chi connectivity index (χ4n) is 2.65. The standard InChI is InChI=1S/C20H42NS/c1-5-6-7-8-9-10-11-12-13-14-15-16-17-18-19-22-20(2)21(3)4/h5-19H2,1-4H3/q+1. The monoisotopic (exact) mass is 328 g/mol. The van der Waals surface area contributed by atoms with Crippen molar-refractivity contribution in [3.63, 3.8) is 0 Å². The molecule has 0 saturated carbocycles. The van der Waals surface area contributed by atoms with E-state index in [1.165, 1.54) is 101 Å². The van der Waals surface area contributed by atoms with E-state index in [1.54, 1.807) is 0 Å². The Kier molecular flexibility index (Phi) is 17.4. The molecule has 0 spiro atoms. The second kappa shape index (κ2) is 17.4. The van der Waals surface area contributed by atoms with Gasteiger partial charge in [-0.05, 0) is 6.42 Å². The number of nitrogens with zero attached hydrogens (tertiary/aromatic N) is 1. The van der Waals surface area contributed by atoms with Crippen molar-refractivity contribution < 1.29 is 4.58 Å². The van der Waals surface area contributed by atoms with Crippen molar-refractivity contribution in [1.82, 2.24) is 0 Å². The lowest BCUT2D eigenvalue weighted by Crippen LogP contribution is -2.05. The highest BCUT2D eigenvalue weighted by molar-refractivity contribution is 8.13. The smallest absolute Gasteiger partial charge is 0.206 e. The molecular weight excluding hydrogens is 286 g/mol. The van der Waals surface area contributed by atoms with Crippen LogP contribution in [0.1, 0.15) is 104 Å². The number of rotatable bonds is 15. The Morgan fingerprint density at radius 2 is 1.00 bits per heavy atom. The molecule has 0 fully saturated rings. The van der Waals surface area contributed by atoms with Crippen molar-refractivity contribution >= 4 is 16.8 Å². The first kappa shape index (κ1) is 22.0. The number of hydrogen-bond acceptors (Lipinski definition) is 1. The van der Waals surface area contributed by atoms with Crippen LogP contribution in [0.25, 0.3) is 0 Å². The second-order valence-electron chi connectivity index (χ2n) is 6.86. The Morgan fingerprint density at radius 1 is 0.636 bits per heavy atom. The minimum atomic E-state index is 1.29. The van der Waals surface area contributed by atoms with Gasteiger partial charge in [0.1, 0.15) is 14.1 Å². The summed E-state index contributed by atoms with van der Waals surface area (Å²) < 4.78 is 2.22. The summed E-state index contributed by atoms with van der Waals surface area (Å²) >= 11 is 2.01. The maximum Gasteiger partial charge on any atom is 0.206 e. The van der Waals surface area contributed by atoms with Gasteiger partial charge in [-0.2, -0.15) is 0 Å². The topological polar surface area (TPSA) is 3.01 Å². The van der Waals surface area contributed by atoms with Crippen LogP contribution in [0.5, 0.6) is 0 Å². The van der Waals surface area contributed by atoms with Gasteiger partial charge in [0.25, 0.3) is 0 Å². The van der Waals surface area contributed by atoms with Gasteiger partial charge in [0.2, 0.25) is 5.04 Å². The third kappa shape index (κ3) is 16.4. The van der Waals surface area contributed by atoms with Gasteiger partial charge >= 0.3 is 0 Å². The van der Waals surface area contributed by atoms with Crippen LogP contribution in [0.4, 0.5) is 0 Å². The maximum atomic E-state index is 2.29. The normalized spacial score (nSPS) is 10.9. The average molecular weight is 329 g/mol. The van der Waals surface area contributed by atoms with Crippen molar-refractivity contribution in [1.29, 1.82) is 0 Å². The molecule has 0 aliphatic carbocycles. The highest BCUT2D eigenvalue weighted by Crippen LogP contribution is 2.14. The zero-order chi connectivity index (χ0) is 16.5. The average Bonchev–Trinajstić information content (AvgIpc) is 2.50. The van der Waals surface area contributed by atoms with Crippen LogP contribution in [-0.4, -0.2) is 29.5 Å². The molecule has 0 aromatic carbocycles. The second-order valence-corrected chi connectivity index (χ2v) is 8.15. The van der Waals surface area contributed by atoms with Gasteiger partial charge in [0.15, 0.2) is 0 Å². The van der Waals surface area contributed by atoms with Crippen LogP contribution in [0.15, 0.2) is 0 Å². The number of thioether (sulfide) groups is 1. The molecule has 0 atom stereocenters. The molecule has 0 N–H and O–H groups in total. The molecular formula is C20H42NS+. The van der Waals surface area contributed by atoms with E-state index in [0.29, 0.717) is 0 Å². The van der Waals surface area contributed by atoms with Crippen molar-refractivity contribution in [3.8, 4) is 0 Å². The molecule has 0 aliphatic rings. The Hall–Kier alpha value is 0.0200. The summed E-state index contributed by atoms with van der Waals surface area (Å²) in [6.07, 6.45) is 20.3. The molecule has 1 nitrogen and oxygen atoms in total. The third-order valence-corrected chi connectivity index (χ3v) is 5.71. The van der Waals surface area contributed by atoms with E-state index < -0.39 is 0 Å². The quantitative estimate of drug-likeness (QED) is 0.137. The molecule has 0 aliphatic heterocycles. The van der Waals surface area contributed by atoms with Crippen molar-refractivity contribution in [2.45, 2.75) is 104 Å². The van der Waals surface area contributed by atoms with Crippen LogP contribution in [0, 0.1) is 0 Å². The summed E-state index contributed by atoms with van der Waals surface area (Å²) in [6, 6.07) is 0. The first-order valence-corrected chi connectivity index (χ1v) is 10.8. The van der Waals surface area contributed by atoms with Crippen molar-refractivity contribution in [3.05, 3.63) is 0 Å². The predicted octanol–water partition coefficient (Wildman–Crippen LogP) is 6.89. The molecule has 0 heterocycles. The number of hydrogen-bond donors (Lipinski definition) is 0. The van der Waals surface area contributed by atoms with Crippen LogP contribution >= 0.6 is 11.8 Å². The van der Waals surface area contributed by atoms with E-state index >= 15 is 0 Å². The van der Waals surface area contributed by atoms with Crippen LogP contribution in [0.3, 0.4) is 0 Å². The molecule has 0 amide bonds. The van der Waals surface area contributed by atoms with Gasteiger partial charge in [-0.1, -0.05) is 102 Å². The predicted molar refractivity (Wildman–Crippen MR) is 106 cm³/mol. The molecule has 0 bridgehead atoms. The van der Waals surface area contributed by atoms with Gasteiger partial charge < -0.3 is 0 Å². The summed E-state index contributed by atoms with van der Waals surface area (Å²) in [5.41, 5.74) is 0. The van der Waals surface area contributed by atoms with Gasteiger partial charge in [-0.25, -0.2) is 4.58 Å². The lowest BCUT2D eigenvalue weighted by Gasteiger charge is -2.03. The summed E-state index contributed by atoms with van der Waals surface area (Å²) in [5.74, 6) is 1.29. The highest BCUT2D eigenvalue weighted by Gasteiger charge is 2.00. The molecule has 0 radical (unpaired) electrons. The Morgan fingerprint density at radius 3 is 1.36 bits per heavy atom. The van der Waals surface area contributed by atoms with E-state index in [1.807, 2.05) is 11.8 Å². The van der Waals surface area contributed by atoms with Gasteiger partial charge in [0.05, 0.1) is 0 Å². The maximum absolute atomic E-state index is 2.29. The molecule has 22 heavy (non-hydrogen) atoms. The van der Waals surface area contributed by atoms with Gasteiger partial charge in [-0.15, -0.1) is 0 Å². The molecule has 0 saturated heterocycles. The Labute approximate surface area is 145 Å². The van der Waals surface area contributed by atoms with Crippen LogP contribution in [0.2, 0.25) is 0 Å². The van der Waals surface area contributed by atoms with Gasteiger partial charge in [0, 0.05) is 12.7 Å². The van der Waals surface area contributed by atoms with Crippen LogP contribution in [-0.2, 0) is 0 Å². The lowest BCUT2D eigenvalue weighted by molar-refractivity contribution is -0.461. The Balaban J connectivity index is 3.07. The van der Waals surface area contributed by atoms with E-state index in [2.05, 4.69) is 32.5 Å². The third-order valence-electron chi connectivity index (χ3n) is 4.44. The van der Waals surface area contributed by atoms with Crippen molar-refractivity contribution in [2.75, 3.05) is 19.8 Å². The lowest BCUT2D eigenvalue weighted by atomic mass is 10.0. The van der Waals surface area contributed by atoms with Gasteiger partial charge in [-0.3, -0.25) is 0 Å². The van der Waals surface area contributed by atoms with E-state index in [4.69, 9.17) is 0 Å². The molecule has 132 valence electrons. The minimum Gasteiger partial charge on any atom is -0.234 e. The highest BCUT2D eigenvalue weighted by atomic mass is 32.2. The van der Waals surface area contributed by atoms with Crippen LogP contribution < -0.4 is 0 Å². The zero-order valence-corrected chi connectivity index (χ0v) is 16.8. The first-order valence-electron chi connectivity index (χ1n) is 9.82. The number of unbranched alkanes of at least 4 members (excludes halogenated alkanes) is 13. The summed E-state index contributed by atoms with van der Waals surface area (Å²) in [7, 11) is 4.26.